The molecule has 0 aliphatic rings. The molecule has 0 unspecified atom stereocenters. The predicted molar refractivity (Wildman–Crippen MR) is 72.8 cm³/mol. The zero-order valence-corrected chi connectivity index (χ0v) is 11.0. The minimum Gasteiger partial charge on any atom is -0.389 e. The fourth-order valence-corrected chi connectivity index (χ4v) is 2.04. The van der Waals surface area contributed by atoms with E-state index in [9.17, 15) is 0 Å². The van der Waals surface area contributed by atoms with E-state index in [1.807, 2.05) is 26.0 Å². The minimum atomic E-state index is 0.307. The van der Waals surface area contributed by atoms with Gasteiger partial charge in [0.25, 0.3) is 0 Å². The highest BCUT2D eigenvalue weighted by Gasteiger charge is 2.09. The monoisotopic (exact) mass is 265 g/mol. The molecule has 0 aliphatic carbocycles. The Morgan fingerprint density at radius 2 is 2.12 bits per heavy atom. The third-order valence-corrected chi connectivity index (χ3v) is 2.99. The predicted octanol–water partition coefficient (Wildman–Crippen LogP) is 1.93. The molecule has 0 bridgehead atoms. The molecule has 3 N–H and O–H groups in total. The Morgan fingerprint density at radius 1 is 1.35 bits per heavy atom. The van der Waals surface area contributed by atoms with Crippen LogP contribution in [0.4, 0.5) is 10.9 Å². The van der Waals surface area contributed by atoms with Gasteiger partial charge in [-0.15, -0.1) is 0 Å². The Labute approximate surface area is 108 Å². The molecule has 0 aliphatic heterocycles. The Balaban J connectivity index is 2.37. The maximum absolute atomic E-state index is 5.64. The Kier molecular flexibility index (Phi) is 3.30. The number of pyridine rings is 1. The summed E-state index contributed by atoms with van der Waals surface area (Å²) < 4.78 is 4.09. The summed E-state index contributed by atoms with van der Waals surface area (Å²) in [6.45, 7) is 3.74. The number of thiocarbonyl (C=S) groups is 1. The van der Waals surface area contributed by atoms with Gasteiger partial charge in [0.2, 0.25) is 5.13 Å². The van der Waals surface area contributed by atoms with E-state index in [1.54, 1.807) is 0 Å². The first kappa shape index (κ1) is 11.9. The van der Waals surface area contributed by atoms with Gasteiger partial charge in [0.15, 0.2) is 0 Å². The molecule has 0 atom stereocenters. The van der Waals surface area contributed by atoms with Crippen LogP contribution in [0.2, 0.25) is 0 Å². The number of aromatic nitrogens is 3. The van der Waals surface area contributed by atoms with Crippen molar-refractivity contribution < 1.29 is 0 Å². The van der Waals surface area contributed by atoms with Crippen molar-refractivity contribution in [2.45, 2.75) is 13.8 Å². The second-order valence-corrected chi connectivity index (χ2v) is 4.68. The number of nitrogens with one attached hydrogen (secondary N) is 1. The molecule has 0 saturated carbocycles. The average molecular weight is 265 g/mol. The van der Waals surface area contributed by atoms with Crippen LogP contribution in [0.3, 0.4) is 0 Å². The van der Waals surface area contributed by atoms with E-state index in [0.717, 1.165) is 11.5 Å². The van der Waals surface area contributed by atoms with E-state index in [2.05, 4.69) is 19.7 Å². The molecule has 0 aromatic carbocycles. The number of hydrogen-bond acceptors (Lipinski definition) is 6. The molecule has 0 amide bonds. The van der Waals surface area contributed by atoms with Gasteiger partial charge < -0.3 is 11.1 Å². The third-order valence-electron chi connectivity index (χ3n) is 2.05. The van der Waals surface area contributed by atoms with Gasteiger partial charge in [-0.25, -0.2) is 9.97 Å². The number of anilines is 2. The van der Waals surface area contributed by atoms with Crippen LogP contribution in [0.15, 0.2) is 12.1 Å². The molecule has 0 saturated heterocycles. The molecule has 0 spiro atoms. The fraction of sp³-hybridized carbons (Fsp3) is 0.200. The van der Waals surface area contributed by atoms with Crippen molar-refractivity contribution in [2.75, 3.05) is 5.32 Å². The second kappa shape index (κ2) is 4.72. The van der Waals surface area contributed by atoms with Crippen LogP contribution in [0.5, 0.6) is 0 Å². The van der Waals surface area contributed by atoms with E-state index < -0.39 is 0 Å². The van der Waals surface area contributed by atoms with E-state index in [-0.39, 0.29) is 0 Å². The molecule has 7 heteroatoms. The highest BCUT2D eigenvalue weighted by atomic mass is 32.1. The first-order valence-corrected chi connectivity index (χ1v) is 6.09. The van der Waals surface area contributed by atoms with Crippen LogP contribution in [-0.4, -0.2) is 19.3 Å². The van der Waals surface area contributed by atoms with Crippen molar-refractivity contribution in [3.05, 3.63) is 29.2 Å². The molecule has 0 fully saturated rings. The van der Waals surface area contributed by atoms with Crippen LogP contribution in [-0.2, 0) is 0 Å². The van der Waals surface area contributed by atoms with Crippen molar-refractivity contribution in [1.29, 1.82) is 0 Å². The first-order chi connectivity index (χ1) is 8.06. The molecule has 2 heterocycles. The SMILES string of the molecule is Cc1ccc(C(N)=S)c(Nc2nc(C)ns2)n1. The molecule has 2 aromatic rings. The summed E-state index contributed by atoms with van der Waals surface area (Å²) in [6, 6.07) is 3.71. The smallest absolute Gasteiger partial charge is 0.208 e. The van der Waals surface area contributed by atoms with Gasteiger partial charge in [-0.05, 0) is 26.0 Å². The molecule has 0 radical (unpaired) electrons. The number of hydrogen-bond donors (Lipinski definition) is 2. The molecule has 5 nitrogen and oxygen atoms in total. The lowest BCUT2D eigenvalue weighted by Gasteiger charge is -2.08. The number of rotatable bonds is 3. The maximum atomic E-state index is 5.64. The van der Waals surface area contributed by atoms with Crippen molar-refractivity contribution in [3.8, 4) is 0 Å². The highest BCUT2D eigenvalue weighted by molar-refractivity contribution is 7.80. The van der Waals surface area contributed by atoms with Crippen molar-refractivity contribution in [3.63, 3.8) is 0 Å². The molecular weight excluding hydrogens is 254 g/mol. The summed E-state index contributed by atoms with van der Waals surface area (Å²) in [6.07, 6.45) is 0. The first-order valence-electron chi connectivity index (χ1n) is 4.91. The zero-order valence-electron chi connectivity index (χ0n) is 9.39. The van der Waals surface area contributed by atoms with E-state index in [4.69, 9.17) is 18.0 Å². The Hall–Kier alpha value is -1.60. The quantitative estimate of drug-likeness (QED) is 0.826. The fourth-order valence-electron chi connectivity index (χ4n) is 1.30. The van der Waals surface area contributed by atoms with Gasteiger partial charge in [0.1, 0.15) is 16.6 Å². The minimum absolute atomic E-state index is 0.307. The zero-order chi connectivity index (χ0) is 12.4. The van der Waals surface area contributed by atoms with Crippen molar-refractivity contribution >= 4 is 39.7 Å². The normalized spacial score (nSPS) is 10.2. The van der Waals surface area contributed by atoms with E-state index in [0.29, 0.717) is 21.5 Å². The van der Waals surface area contributed by atoms with Gasteiger partial charge in [0.05, 0.1) is 5.56 Å². The Morgan fingerprint density at radius 3 is 2.71 bits per heavy atom. The summed E-state index contributed by atoms with van der Waals surface area (Å²) in [5.41, 5.74) is 7.23. The summed E-state index contributed by atoms with van der Waals surface area (Å²) in [5, 5.41) is 3.76. The summed E-state index contributed by atoms with van der Waals surface area (Å²) in [5.74, 6) is 1.34. The average Bonchev–Trinajstić information content (AvgIpc) is 2.63. The standard InChI is InChI=1S/C10H11N5S2/c1-5-3-4-7(8(11)16)9(12-5)14-10-13-6(2)15-17-10/h3-4H,1-2H3,(H2,11,16)(H,12,13,14,15). The van der Waals surface area contributed by atoms with Crippen molar-refractivity contribution in [1.82, 2.24) is 14.3 Å². The van der Waals surface area contributed by atoms with Crippen molar-refractivity contribution in [2.24, 2.45) is 5.73 Å². The highest BCUT2D eigenvalue weighted by Crippen LogP contribution is 2.20. The van der Waals surface area contributed by atoms with Crippen LogP contribution in [0.25, 0.3) is 0 Å². The largest absolute Gasteiger partial charge is 0.389 e. The summed E-state index contributed by atoms with van der Waals surface area (Å²) in [4.78, 5) is 8.87. The third kappa shape index (κ3) is 2.75. The lowest BCUT2D eigenvalue weighted by Crippen LogP contribution is -2.13. The second-order valence-electron chi connectivity index (χ2n) is 3.48. The van der Waals surface area contributed by atoms with Gasteiger partial charge in [0, 0.05) is 17.2 Å². The Bertz CT molecular complexity index is 564. The van der Waals surface area contributed by atoms with E-state index in [1.165, 1.54) is 11.5 Å². The lowest BCUT2D eigenvalue weighted by atomic mass is 10.2. The van der Waals surface area contributed by atoms with Gasteiger partial charge in [-0.2, -0.15) is 4.37 Å². The maximum Gasteiger partial charge on any atom is 0.208 e. The molecule has 2 rings (SSSR count). The topological polar surface area (TPSA) is 76.7 Å². The lowest BCUT2D eigenvalue weighted by molar-refractivity contribution is 1.15. The van der Waals surface area contributed by atoms with Crippen LogP contribution in [0, 0.1) is 13.8 Å². The van der Waals surface area contributed by atoms with Gasteiger partial charge >= 0.3 is 0 Å². The molecular formula is C10H11N5S2. The van der Waals surface area contributed by atoms with Crippen LogP contribution in [0.1, 0.15) is 17.1 Å². The number of nitrogens with zero attached hydrogens (tertiary/aromatic N) is 3. The van der Waals surface area contributed by atoms with Gasteiger partial charge in [-0.1, -0.05) is 12.2 Å². The number of nitrogens with two attached hydrogens (primary N) is 1. The summed E-state index contributed by atoms with van der Waals surface area (Å²) >= 11 is 6.25. The van der Waals surface area contributed by atoms with Crippen LogP contribution < -0.4 is 11.1 Å². The van der Waals surface area contributed by atoms with Gasteiger partial charge in [-0.3, -0.25) is 0 Å². The number of aryl methyl sites for hydroxylation is 2. The molecule has 17 heavy (non-hydrogen) atoms. The van der Waals surface area contributed by atoms with E-state index >= 15 is 0 Å². The molecule has 2 aromatic heterocycles. The molecule has 88 valence electrons. The summed E-state index contributed by atoms with van der Waals surface area (Å²) in [7, 11) is 0. The van der Waals surface area contributed by atoms with Crippen LogP contribution >= 0.6 is 23.8 Å².